The van der Waals surface area contributed by atoms with Gasteiger partial charge in [-0.1, -0.05) is 38.1 Å². The molecule has 0 saturated heterocycles. The van der Waals surface area contributed by atoms with Crippen LogP contribution in [0, 0.1) is 13.8 Å². The molecule has 5 rings (SSSR count). The third kappa shape index (κ3) is 2.29. The van der Waals surface area contributed by atoms with Crippen LogP contribution >= 0.6 is 0 Å². The van der Waals surface area contributed by atoms with Crippen LogP contribution in [-0.2, 0) is 13.5 Å². The minimum absolute atomic E-state index is 0.228. The molecule has 0 fully saturated rings. The van der Waals surface area contributed by atoms with Crippen LogP contribution in [0.3, 0.4) is 0 Å². The highest BCUT2D eigenvalue weighted by Gasteiger charge is 2.30. The molecule has 0 radical (unpaired) electrons. The Morgan fingerprint density at radius 1 is 1.25 bits per heavy atom. The quantitative estimate of drug-likeness (QED) is 0.392. The Morgan fingerprint density at radius 2 is 2.04 bits per heavy atom. The van der Waals surface area contributed by atoms with E-state index in [1.54, 1.807) is 20.0 Å². The number of rotatable bonds is 2. The summed E-state index contributed by atoms with van der Waals surface area (Å²) in [4.78, 5) is 4.56. The zero-order chi connectivity index (χ0) is 23.0. The van der Waals surface area contributed by atoms with Crippen LogP contribution in [-0.4, -0.2) is 9.55 Å². The highest BCUT2D eigenvalue weighted by Crippen LogP contribution is 2.42. The molecule has 0 unspecified atom stereocenters. The average molecular weight is 373 g/mol. The minimum atomic E-state index is -2.29. The second-order valence-corrected chi connectivity index (χ2v) is 7.86. The summed E-state index contributed by atoms with van der Waals surface area (Å²) in [6, 6.07) is 10.3. The lowest BCUT2D eigenvalue weighted by Crippen LogP contribution is -2.32. The van der Waals surface area contributed by atoms with Crippen molar-refractivity contribution in [3.63, 3.8) is 0 Å². The first-order valence-corrected chi connectivity index (χ1v) is 9.60. The summed E-state index contributed by atoms with van der Waals surface area (Å²) in [5, 5.41) is 2.35. The molecule has 0 saturated carbocycles. The largest absolute Gasteiger partial charge is 0.303 e. The zero-order valence-electron chi connectivity index (χ0n) is 20.7. The fraction of sp³-hybridized carbons (Fsp3) is 0.280. The number of aromatic nitrogens is 3. The summed E-state index contributed by atoms with van der Waals surface area (Å²) < 4.78 is 36.8. The second-order valence-electron chi connectivity index (χ2n) is 7.86. The molecule has 0 spiro atoms. The molecule has 3 heteroatoms. The van der Waals surface area contributed by atoms with Crippen LogP contribution in [0.25, 0.3) is 27.7 Å². The molecule has 4 aromatic rings. The molecule has 2 aromatic carbocycles. The number of nitrogens with zero attached hydrogens (tertiary/aromatic N) is 3. The van der Waals surface area contributed by atoms with Crippen LogP contribution < -0.4 is 4.57 Å². The van der Waals surface area contributed by atoms with Gasteiger partial charge in [0.15, 0.2) is 6.20 Å². The number of imidazole rings is 1. The van der Waals surface area contributed by atoms with E-state index in [1.807, 2.05) is 36.1 Å². The molecule has 140 valence electrons. The molecule has 0 N–H and O–H groups in total. The van der Waals surface area contributed by atoms with Crippen molar-refractivity contribution in [2.24, 2.45) is 7.05 Å². The van der Waals surface area contributed by atoms with Gasteiger partial charge in [-0.25, -0.2) is 9.55 Å². The van der Waals surface area contributed by atoms with Crippen molar-refractivity contribution >= 4 is 10.8 Å². The van der Waals surface area contributed by atoms with Gasteiger partial charge in [-0.2, -0.15) is 0 Å². The molecule has 0 aliphatic carbocycles. The zero-order valence-corrected chi connectivity index (χ0v) is 16.7. The number of pyridine rings is 1. The van der Waals surface area contributed by atoms with E-state index in [2.05, 4.69) is 34.7 Å². The first-order chi connectivity index (χ1) is 15.0. The van der Waals surface area contributed by atoms with Crippen molar-refractivity contribution in [3.05, 3.63) is 77.0 Å². The minimum Gasteiger partial charge on any atom is -0.303 e. The Hall–Kier alpha value is -2.94. The summed E-state index contributed by atoms with van der Waals surface area (Å²) in [5.41, 5.74) is 6.24. The van der Waals surface area contributed by atoms with Gasteiger partial charge in [-0.3, -0.25) is 0 Å². The fourth-order valence-corrected chi connectivity index (χ4v) is 4.59. The summed E-state index contributed by atoms with van der Waals surface area (Å²) in [5.74, 6) is -0.0483. The van der Waals surface area contributed by atoms with Gasteiger partial charge in [0.05, 0.1) is 11.3 Å². The molecular formula is C25H26N3+. The van der Waals surface area contributed by atoms with E-state index in [0.717, 1.165) is 33.7 Å². The van der Waals surface area contributed by atoms with Gasteiger partial charge >= 0.3 is 0 Å². The number of benzene rings is 2. The van der Waals surface area contributed by atoms with Crippen molar-refractivity contribution in [2.45, 2.75) is 39.9 Å². The Labute approximate surface area is 171 Å². The van der Waals surface area contributed by atoms with Gasteiger partial charge < -0.3 is 4.57 Å². The molecule has 1 aliphatic rings. The van der Waals surface area contributed by atoms with Crippen molar-refractivity contribution in [2.75, 3.05) is 0 Å². The molecular weight excluding hydrogens is 342 g/mol. The van der Waals surface area contributed by atoms with Gasteiger partial charge in [0, 0.05) is 41.3 Å². The third-order valence-electron chi connectivity index (χ3n) is 5.91. The Bertz CT molecular complexity index is 1390. The number of hydrogen-bond donors (Lipinski definition) is 0. The first kappa shape index (κ1) is 13.3. The monoisotopic (exact) mass is 372 g/mol. The molecule has 3 nitrogen and oxygen atoms in total. The Kier molecular flexibility index (Phi) is 2.86. The molecule has 1 aliphatic heterocycles. The summed E-state index contributed by atoms with van der Waals surface area (Å²) >= 11 is 0. The van der Waals surface area contributed by atoms with E-state index in [9.17, 15) is 0 Å². The summed E-state index contributed by atoms with van der Waals surface area (Å²) in [7, 11) is 1.89. The standard InChI is InChI=1S/C25H26N3/c1-15(2)20-12-22(27(5)14-16(20)3)24-17(4)18-8-6-7-9-19(18)25-21(24)13-23-26-10-11-28(23)25/h6-12,14-15H,13H2,1-5H3/q+1/i3D3,15D. The van der Waals surface area contributed by atoms with Gasteiger partial charge in [0.2, 0.25) is 5.69 Å². The predicted octanol–water partition coefficient (Wildman–Crippen LogP) is 5.16. The molecule has 28 heavy (non-hydrogen) atoms. The van der Waals surface area contributed by atoms with E-state index in [1.165, 1.54) is 10.9 Å². The second kappa shape index (κ2) is 6.03. The molecule has 0 atom stereocenters. The lowest BCUT2D eigenvalue weighted by atomic mass is 9.88. The van der Waals surface area contributed by atoms with Crippen LogP contribution in [0.15, 0.2) is 48.9 Å². The summed E-state index contributed by atoms with van der Waals surface area (Å²) in [6.45, 7) is 3.33. The van der Waals surface area contributed by atoms with E-state index in [-0.39, 0.29) is 5.56 Å². The van der Waals surface area contributed by atoms with Gasteiger partial charge in [0.1, 0.15) is 12.9 Å². The van der Waals surface area contributed by atoms with E-state index < -0.39 is 12.7 Å². The van der Waals surface area contributed by atoms with Crippen molar-refractivity contribution in [1.29, 1.82) is 0 Å². The Balaban J connectivity index is 1.90. The highest BCUT2D eigenvalue weighted by atomic mass is 15.1. The molecule has 0 bridgehead atoms. The average Bonchev–Trinajstić information content (AvgIpc) is 3.28. The van der Waals surface area contributed by atoms with Crippen molar-refractivity contribution in [3.8, 4) is 16.9 Å². The van der Waals surface area contributed by atoms with Crippen LogP contribution in [0.1, 0.15) is 53.3 Å². The van der Waals surface area contributed by atoms with Crippen LogP contribution in [0.5, 0.6) is 0 Å². The lowest BCUT2D eigenvalue weighted by molar-refractivity contribution is -0.660. The molecule has 2 aromatic heterocycles. The maximum absolute atomic E-state index is 8.67. The van der Waals surface area contributed by atoms with E-state index in [4.69, 9.17) is 5.48 Å². The van der Waals surface area contributed by atoms with E-state index >= 15 is 0 Å². The van der Waals surface area contributed by atoms with E-state index in [0.29, 0.717) is 12.0 Å². The van der Waals surface area contributed by atoms with Gasteiger partial charge in [0.25, 0.3) is 0 Å². The number of fused-ring (bicyclic) bond motifs is 5. The van der Waals surface area contributed by atoms with Crippen LogP contribution in [0.4, 0.5) is 0 Å². The first-order valence-electron chi connectivity index (χ1n) is 11.6. The molecule has 3 heterocycles. The van der Waals surface area contributed by atoms with Gasteiger partial charge in [-0.15, -0.1) is 0 Å². The Morgan fingerprint density at radius 3 is 2.79 bits per heavy atom. The normalized spacial score (nSPS) is 15.6. The number of hydrogen-bond acceptors (Lipinski definition) is 1. The third-order valence-corrected chi connectivity index (χ3v) is 5.91. The lowest BCUT2D eigenvalue weighted by Gasteiger charge is -2.17. The smallest absolute Gasteiger partial charge is 0.213 e. The maximum atomic E-state index is 8.67. The predicted molar refractivity (Wildman–Crippen MR) is 114 cm³/mol. The molecule has 0 amide bonds. The van der Waals surface area contributed by atoms with Crippen LogP contribution in [0.2, 0.25) is 0 Å². The highest BCUT2D eigenvalue weighted by molar-refractivity contribution is 6.00. The topological polar surface area (TPSA) is 21.7 Å². The number of aryl methyl sites for hydroxylation is 3. The van der Waals surface area contributed by atoms with Crippen molar-refractivity contribution in [1.82, 2.24) is 9.55 Å². The van der Waals surface area contributed by atoms with Crippen molar-refractivity contribution < 1.29 is 10.1 Å². The maximum Gasteiger partial charge on any atom is 0.213 e. The fourth-order valence-electron chi connectivity index (χ4n) is 4.59. The van der Waals surface area contributed by atoms with Gasteiger partial charge in [-0.05, 0) is 41.7 Å². The summed E-state index contributed by atoms with van der Waals surface area (Å²) in [6.07, 6.45) is 6.23. The SMILES string of the molecule is [2H]C([2H])([2H])c1c[n+](C)c(-c2c3c(c4ccccc4c2C)-n2ccnc2C3)cc1C([2H])(C)C.